The standard InChI is InChI=1S/C26H21N5O/c1-18-7-5-6-10-21(18)17-25(32)28-23-15-22(19-11-13-27-14-12-19)16-24-29-26(30-31(23)24)20-8-3-2-4-9-20/h2-16H,17H2,1H3,(H,28,32). The quantitative estimate of drug-likeness (QED) is 0.438. The summed E-state index contributed by atoms with van der Waals surface area (Å²) in [4.78, 5) is 21.7. The van der Waals surface area contributed by atoms with Crippen LogP contribution in [0, 0.1) is 6.92 Å². The zero-order valence-electron chi connectivity index (χ0n) is 17.6. The van der Waals surface area contributed by atoms with Gasteiger partial charge in [-0.3, -0.25) is 9.78 Å². The number of hydrogen-bond donors (Lipinski definition) is 1. The van der Waals surface area contributed by atoms with Gasteiger partial charge in [-0.2, -0.15) is 4.52 Å². The second-order valence-corrected chi connectivity index (χ2v) is 7.59. The summed E-state index contributed by atoms with van der Waals surface area (Å²) < 4.78 is 1.68. The van der Waals surface area contributed by atoms with Crippen molar-refractivity contribution in [2.45, 2.75) is 13.3 Å². The fraction of sp³-hybridized carbons (Fsp3) is 0.0769. The number of hydrogen-bond acceptors (Lipinski definition) is 4. The lowest BCUT2D eigenvalue weighted by Crippen LogP contribution is -2.17. The summed E-state index contributed by atoms with van der Waals surface area (Å²) in [6.07, 6.45) is 3.78. The van der Waals surface area contributed by atoms with Crippen LogP contribution in [-0.2, 0) is 11.2 Å². The third-order valence-corrected chi connectivity index (χ3v) is 5.36. The maximum Gasteiger partial charge on any atom is 0.229 e. The fourth-order valence-corrected chi connectivity index (χ4v) is 3.66. The predicted octanol–water partition coefficient (Wildman–Crippen LogP) is 4.95. The van der Waals surface area contributed by atoms with E-state index in [1.807, 2.05) is 85.8 Å². The smallest absolute Gasteiger partial charge is 0.229 e. The van der Waals surface area contributed by atoms with Crippen LogP contribution in [0.3, 0.4) is 0 Å². The highest BCUT2D eigenvalue weighted by atomic mass is 16.1. The van der Waals surface area contributed by atoms with Crippen molar-refractivity contribution >= 4 is 17.4 Å². The first-order chi connectivity index (χ1) is 15.7. The van der Waals surface area contributed by atoms with E-state index in [0.717, 1.165) is 27.8 Å². The number of nitrogens with zero attached hydrogens (tertiary/aromatic N) is 4. The highest BCUT2D eigenvalue weighted by molar-refractivity contribution is 5.93. The molecule has 0 unspecified atom stereocenters. The molecule has 0 aliphatic rings. The second-order valence-electron chi connectivity index (χ2n) is 7.59. The Morgan fingerprint density at radius 1 is 0.875 bits per heavy atom. The van der Waals surface area contributed by atoms with E-state index in [1.54, 1.807) is 16.9 Å². The van der Waals surface area contributed by atoms with Crippen molar-refractivity contribution in [3.63, 3.8) is 0 Å². The Bertz CT molecular complexity index is 1390. The normalized spacial score (nSPS) is 10.9. The van der Waals surface area contributed by atoms with Gasteiger partial charge in [-0.15, -0.1) is 5.10 Å². The van der Waals surface area contributed by atoms with E-state index in [0.29, 0.717) is 17.3 Å². The van der Waals surface area contributed by atoms with Crippen LogP contribution in [0.2, 0.25) is 0 Å². The zero-order chi connectivity index (χ0) is 21.9. The molecule has 3 aromatic heterocycles. The van der Waals surface area contributed by atoms with Crippen LogP contribution in [0.25, 0.3) is 28.2 Å². The number of benzene rings is 2. The van der Waals surface area contributed by atoms with Gasteiger partial charge in [0.05, 0.1) is 6.42 Å². The number of anilines is 1. The van der Waals surface area contributed by atoms with Gasteiger partial charge in [0.25, 0.3) is 0 Å². The number of rotatable bonds is 5. The van der Waals surface area contributed by atoms with E-state index < -0.39 is 0 Å². The van der Waals surface area contributed by atoms with Crippen molar-refractivity contribution < 1.29 is 4.79 Å². The molecule has 5 rings (SSSR count). The Morgan fingerprint density at radius 2 is 1.62 bits per heavy atom. The van der Waals surface area contributed by atoms with Crippen LogP contribution in [0.15, 0.2) is 91.3 Å². The first-order valence-corrected chi connectivity index (χ1v) is 10.4. The van der Waals surface area contributed by atoms with Crippen LogP contribution < -0.4 is 5.32 Å². The average molecular weight is 419 g/mol. The summed E-state index contributed by atoms with van der Waals surface area (Å²) in [5.74, 6) is 1.07. The largest absolute Gasteiger partial charge is 0.310 e. The van der Waals surface area contributed by atoms with Crippen LogP contribution >= 0.6 is 0 Å². The van der Waals surface area contributed by atoms with Crippen molar-refractivity contribution in [1.29, 1.82) is 0 Å². The molecule has 0 aliphatic carbocycles. The molecule has 6 heteroatoms. The number of nitrogens with one attached hydrogen (secondary N) is 1. The molecule has 0 saturated carbocycles. The first kappa shape index (κ1) is 19.6. The van der Waals surface area contributed by atoms with E-state index in [1.165, 1.54) is 0 Å². The molecule has 5 aromatic rings. The van der Waals surface area contributed by atoms with Gasteiger partial charge in [0.15, 0.2) is 11.5 Å². The minimum atomic E-state index is -0.107. The highest BCUT2D eigenvalue weighted by Gasteiger charge is 2.15. The molecule has 0 radical (unpaired) electrons. The Kier molecular flexibility index (Phi) is 5.17. The molecular formula is C26H21N5O. The number of aromatic nitrogens is 4. The molecule has 32 heavy (non-hydrogen) atoms. The van der Waals surface area contributed by atoms with Crippen molar-refractivity contribution in [2.75, 3.05) is 5.32 Å². The third-order valence-electron chi connectivity index (χ3n) is 5.36. The summed E-state index contributed by atoms with van der Waals surface area (Å²) in [5, 5.41) is 7.72. The lowest BCUT2D eigenvalue weighted by Gasteiger charge is -2.11. The number of pyridine rings is 2. The number of carbonyl (C=O) groups is 1. The molecule has 0 saturated heterocycles. The van der Waals surface area contributed by atoms with Gasteiger partial charge in [0.2, 0.25) is 5.91 Å². The molecule has 2 aromatic carbocycles. The average Bonchev–Trinajstić information content (AvgIpc) is 3.26. The molecule has 6 nitrogen and oxygen atoms in total. The summed E-state index contributed by atoms with van der Waals surface area (Å²) in [6, 6.07) is 25.4. The van der Waals surface area contributed by atoms with Gasteiger partial charge < -0.3 is 5.32 Å². The minimum Gasteiger partial charge on any atom is -0.310 e. The molecule has 0 fully saturated rings. The molecular weight excluding hydrogens is 398 g/mol. The maximum absolute atomic E-state index is 12.9. The van der Waals surface area contributed by atoms with E-state index >= 15 is 0 Å². The molecule has 1 N–H and O–H groups in total. The Labute approximate surface area is 185 Å². The molecule has 156 valence electrons. The van der Waals surface area contributed by atoms with Gasteiger partial charge in [-0.05, 0) is 53.4 Å². The Hall–Kier alpha value is -4.32. The van der Waals surface area contributed by atoms with Gasteiger partial charge in [0.1, 0.15) is 5.82 Å². The fourth-order valence-electron chi connectivity index (χ4n) is 3.66. The third kappa shape index (κ3) is 3.98. The van der Waals surface area contributed by atoms with Crippen molar-refractivity contribution in [2.24, 2.45) is 0 Å². The lowest BCUT2D eigenvalue weighted by molar-refractivity contribution is -0.115. The van der Waals surface area contributed by atoms with Crippen LogP contribution in [0.1, 0.15) is 11.1 Å². The van der Waals surface area contributed by atoms with Crippen LogP contribution in [0.5, 0.6) is 0 Å². The maximum atomic E-state index is 12.9. The highest BCUT2D eigenvalue weighted by Crippen LogP contribution is 2.26. The zero-order valence-corrected chi connectivity index (χ0v) is 17.6. The van der Waals surface area contributed by atoms with Gasteiger partial charge in [-0.1, -0.05) is 54.6 Å². The minimum absolute atomic E-state index is 0.107. The number of carbonyl (C=O) groups excluding carboxylic acids is 1. The van der Waals surface area contributed by atoms with Crippen molar-refractivity contribution in [1.82, 2.24) is 19.6 Å². The monoisotopic (exact) mass is 419 g/mol. The Balaban J connectivity index is 1.56. The van der Waals surface area contributed by atoms with E-state index in [-0.39, 0.29) is 12.3 Å². The number of amides is 1. The molecule has 1 amide bonds. The second kappa shape index (κ2) is 8.43. The SMILES string of the molecule is Cc1ccccc1CC(=O)Nc1cc(-c2ccncc2)cc2nc(-c3ccccc3)nn12. The van der Waals surface area contributed by atoms with Gasteiger partial charge in [-0.25, -0.2) is 4.98 Å². The summed E-state index contributed by atoms with van der Waals surface area (Å²) in [5.41, 5.74) is 5.57. The Morgan fingerprint density at radius 3 is 2.41 bits per heavy atom. The number of aryl methyl sites for hydroxylation is 1. The summed E-state index contributed by atoms with van der Waals surface area (Å²) in [7, 11) is 0. The molecule has 0 atom stereocenters. The lowest BCUT2D eigenvalue weighted by atomic mass is 10.1. The van der Waals surface area contributed by atoms with Crippen LogP contribution in [0.4, 0.5) is 5.82 Å². The molecule has 0 aliphatic heterocycles. The van der Waals surface area contributed by atoms with Crippen LogP contribution in [-0.4, -0.2) is 25.5 Å². The van der Waals surface area contributed by atoms with Gasteiger partial charge >= 0.3 is 0 Å². The van der Waals surface area contributed by atoms with Crippen molar-refractivity contribution in [3.05, 3.63) is 102 Å². The van der Waals surface area contributed by atoms with E-state index in [9.17, 15) is 4.79 Å². The first-order valence-electron chi connectivity index (χ1n) is 10.4. The van der Waals surface area contributed by atoms with E-state index in [4.69, 9.17) is 4.98 Å². The van der Waals surface area contributed by atoms with Crippen molar-refractivity contribution in [3.8, 4) is 22.5 Å². The summed E-state index contributed by atoms with van der Waals surface area (Å²) >= 11 is 0. The number of fused-ring (bicyclic) bond motifs is 1. The molecule has 0 spiro atoms. The molecule has 3 heterocycles. The van der Waals surface area contributed by atoms with E-state index in [2.05, 4.69) is 15.4 Å². The predicted molar refractivity (Wildman–Crippen MR) is 125 cm³/mol. The summed E-state index contributed by atoms with van der Waals surface area (Å²) in [6.45, 7) is 2.01. The topological polar surface area (TPSA) is 72.2 Å². The molecule has 0 bridgehead atoms. The van der Waals surface area contributed by atoms with Gasteiger partial charge in [0, 0.05) is 18.0 Å².